The Kier molecular flexibility index (Phi) is 4.12. The van der Waals surface area contributed by atoms with Crippen molar-refractivity contribution in [2.45, 2.75) is 6.92 Å². The van der Waals surface area contributed by atoms with Crippen LogP contribution in [0.4, 0.5) is 0 Å². The average molecular weight is 390 g/mol. The van der Waals surface area contributed by atoms with Gasteiger partial charge in [-0.2, -0.15) is 0 Å². The Labute approximate surface area is 136 Å². The van der Waals surface area contributed by atoms with E-state index in [9.17, 15) is 0 Å². The van der Waals surface area contributed by atoms with Gasteiger partial charge < -0.3 is 14.2 Å². The molecule has 3 rings (SSSR count). The number of ether oxygens (including phenoxy) is 1. The van der Waals surface area contributed by atoms with E-state index in [2.05, 4.69) is 46.2 Å². The number of fused-ring (bicyclic) bond motifs is 1. The van der Waals surface area contributed by atoms with Crippen LogP contribution in [0.2, 0.25) is 0 Å². The molecule has 2 aromatic heterocycles. The van der Waals surface area contributed by atoms with Crippen molar-refractivity contribution in [3.8, 4) is 17.0 Å². The molecule has 2 heterocycles. The predicted molar refractivity (Wildman–Crippen MR) is 90.7 cm³/mol. The van der Waals surface area contributed by atoms with E-state index in [4.69, 9.17) is 14.8 Å². The highest BCUT2D eigenvalue weighted by atomic mass is 123. The van der Waals surface area contributed by atoms with Gasteiger partial charge >= 0.3 is 0 Å². The number of hydrogen-bond donors (Lipinski definition) is 1. The van der Waals surface area contributed by atoms with Gasteiger partial charge in [0.05, 0.1) is 12.3 Å². The van der Waals surface area contributed by atoms with Crippen molar-refractivity contribution in [2.75, 3.05) is 13.2 Å². The molecule has 0 unspecified atom stereocenters. The van der Waals surface area contributed by atoms with E-state index >= 15 is 0 Å². The third kappa shape index (κ3) is 2.89. The molecule has 0 spiro atoms. The second kappa shape index (κ2) is 6.03. The molecule has 108 valence electrons. The third-order valence-electron chi connectivity index (χ3n) is 3.31. The quantitative estimate of drug-likeness (QED) is 0.696. The highest BCUT2D eigenvalue weighted by Gasteiger charge is 2.10. The fourth-order valence-corrected chi connectivity index (χ4v) is 2.74. The lowest BCUT2D eigenvalue weighted by Crippen LogP contribution is -2.01. The zero-order chi connectivity index (χ0) is 14.8. The normalized spacial score (nSPS) is 11.0. The molecule has 0 aliphatic rings. The molecule has 1 aromatic carbocycles. The van der Waals surface area contributed by atoms with Crippen LogP contribution in [0.5, 0.6) is 5.75 Å². The Bertz CT molecular complexity index is 766. The number of aromatic nitrogens is 2. The molecule has 0 atom stereocenters. The molecule has 0 saturated heterocycles. The number of pyridine rings is 1. The summed E-state index contributed by atoms with van der Waals surface area (Å²) in [5.74, 6) is 0.753. The Morgan fingerprint density at radius 2 is 1.95 bits per heavy atom. The highest BCUT2D eigenvalue weighted by Crippen LogP contribution is 2.26. The summed E-state index contributed by atoms with van der Waals surface area (Å²) in [5.41, 5.74) is 4.10. The van der Waals surface area contributed by atoms with E-state index in [-0.39, 0.29) is 6.61 Å². The Hall–Kier alpha value is -1.60. The maximum absolute atomic E-state index is 8.76. The molecule has 0 saturated carbocycles. The molecule has 0 radical (unpaired) electrons. The molecule has 5 heteroatoms. The van der Waals surface area contributed by atoms with Crippen LogP contribution in [0.25, 0.3) is 16.9 Å². The van der Waals surface area contributed by atoms with Crippen molar-refractivity contribution in [1.29, 1.82) is 0 Å². The van der Waals surface area contributed by atoms with Crippen LogP contribution >= 0.6 is 22.6 Å². The molecule has 21 heavy (non-hydrogen) atoms. The van der Waals surface area contributed by atoms with Crippen LogP contribution in [0.3, 0.4) is 0 Å². The molecule has 0 bridgehead atoms. The summed E-state index contributed by atoms with van der Waals surface area (Å²) in [6, 6.07) is 11.9. The minimum absolute atomic E-state index is 0.0198. The molecule has 3 aromatic rings. The summed E-state index contributed by atoms with van der Waals surface area (Å²) in [6.45, 7) is 2.40. The van der Waals surface area contributed by atoms with Gasteiger partial charge in [0.1, 0.15) is 18.0 Å². The molecule has 4 nitrogen and oxygen atoms in total. The van der Waals surface area contributed by atoms with Crippen molar-refractivity contribution >= 4 is 28.2 Å². The molecular weight excluding hydrogens is 375 g/mol. The number of imidazole rings is 1. The first kappa shape index (κ1) is 14.3. The topological polar surface area (TPSA) is 46.8 Å². The summed E-state index contributed by atoms with van der Waals surface area (Å²) in [5, 5.41) is 8.76. The minimum atomic E-state index is 0.0198. The van der Waals surface area contributed by atoms with Crippen molar-refractivity contribution in [2.24, 2.45) is 0 Å². The Balaban J connectivity index is 1.98. The van der Waals surface area contributed by atoms with Gasteiger partial charge in [-0.1, -0.05) is 0 Å². The van der Waals surface area contributed by atoms with Crippen LogP contribution < -0.4 is 4.74 Å². The van der Waals surface area contributed by atoms with Crippen LogP contribution in [0.15, 0.2) is 42.6 Å². The zero-order valence-electron chi connectivity index (χ0n) is 11.6. The van der Waals surface area contributed by atoms with Crippen LogP contribution in [0, 0.1) is 10.5 Å². The van der Waals surface area contributed by atoms with E-state index < -0.39 is 0 Å². The molecule has 0 fully saturated rings. The van der Waals surface area contributed by atoms with Gasteiger partial charge in [0.15, 0.2) is 0 Å². The van der Waals surface area contributed by atoms with Gasteiger partial charge in [-0.05, 0) is 65.9 Å². The van der Waals surface area contributed by atoms with Crippen LogP contribution in [-0.2, 0) is 0 Å². The van der Waals surface area contributed by atoms with Gasteiger partial charge in [-0.15, -0.1) is 0 Å². The summed E-state index contributed by atoms with van der Waals surface area (Å²) < 4.78 is 8.66. The van der Waals surface area contributed by atoms with Crippen molar-refractivity contribution in [3.05, 3.63) is 51.9 Å². The van der Waals surface area contributed by atoms with Gasteiger partial charge in [0.25, 0.3) is 0 Å². The van der Waals surface area contributed by atoms with E-state index in [1.165, 1.54) is 3.57 Å². The van der Waals surface area contributed by atoms with Gasteiger partial charge in [0, 0.05) is 21.0 Å². The number of aliphatic hydroxyl groups excluding tert-OH is 1. The lowest BCUT2D eigenvalue weighted by molar-refractivity contribution is 0.201. The minimum Gasteiger partial charge on any atom is -0.491 e. The fourth-order valence-electron chi connectivity index (χ4n) is 2.28. The second-order valence-electron chi connectivity index (χ2n) is 4.72. The van der Waals surface area contributed by atoms with Crippen molar-refractivity contribution in [3.63, 3.8) is 0 Å². The molecular formula is C16H15IN2O2. The number of nitrogens with zero attached hydrogens (tertiary/aromatic N) is 2. The summed E-state index contributed by atoms with van der Waals surface area (Å²) in [4.78, 5) is 4.69. The Morgan fingerprint density at radius 1 is 1.19 bits per heavy atom. The second-order valence-corrected chi connectivity index (χ2v) is 5.96. The average Bonchev–Trinajstić information content (AvgIpc) is 2.83. The van der Waals surface area contributed by atoms with Gasteiger partial charge in [-0.25, -0.2) is 4.98 Å². The standard InChI is InChI=1S/C16H15IN2O2/c1-11-16(18-15-7-4-13(17)10-19(11)15)12-2-5-14(6-3-12)21-9-8-20/h2-7,10,20H,8-9H2,1H3/i17-4. The summed E-state index contributed by atoms with van der Waals surface area (Å²) in [6.07, 6.45) is 2.08. The lowest BCUT2D eigenvalue weighted by atomic mass is 10.1. The molecule has 0 amide bonds. The predicted octanol–water partition coefficient (Wildman–Crippen LogP) is 3.29. The number of halogens is 1. The highest BCUT2D eigenvalue weighted by molar-refractivity contribution is 14.1. The molecule has 0 aliphatic heterocycles. The van der Waals surface area contributed by atoms with Crippen LogP contribution in [-0.4, -0.2) is 27.7 Å². The third-order valence-corrected chi connectivity index (χ3v) is 3.95. The molecule has 0 aliphatic carbocycles. The van der Waals surface area contributed by atoms with Crippen molar-refractivity contribution < 1.29 is 9.84 Å². The maximum atomic E-state index is 8.76. The number of hydrogen-bond acceptors (Lipinski definition) is 3. The first-order valence-electron chi connectivity index (χ1n) is 6.67. The first-order valence-corrected chi connectivity index (χ1v) is 7.75. The monoisotopic (exact) mass is 390 g/mol. The fraction of sp³-hybridized carbons (Fsp3) is 0.188. The Morgan fingerprint density at radius 3 is 2.67 bits per heavy atom. The van der Waals surface area contributed by atoms with E-state index in [0.29, 0.717) is 6.61 Å². The first-order chi connectivity index (χ1) is 10.2. The smallest absolute Gasteiger partial charge is 0.137 e. The van der Waals surface area contributed by atoms with E-state index in [1.807, 2.05) is 30.3 Å². The van der Waals surface area contributed by atoms with Crippen molar-refractivity contribution in [1.82, 2.24) is 9.38 Å². The number of benzene rings is 1. The summed E-state index contributed by atoms with van der Waals surface area (Å²) >= 11 is 2.30. The lowest BCUT2D eigenvalue weighted by Gasteiger charge is -2.05. The molecule has 1 N–H and O–H groups in total. The maximum Gasteiger partial charge on any atom is 0.137 e. The van der Waals surface area contributed by atoms with E-state index in [0.717, 1.165) is 28.3 Å². The van der Waals surface area contributed by atoms with E-state index in [1.54, 1.807) is 0 Å². The number of aliphatic hydroxyl groups is 1. The zero-order valence-corrected chi connectivity index (χ0v) is 13.7. The largest absolute Gasteiger partial charge is 0.491 e. The summed E-state index contributed by atoms with van der Waals surface area (Å²) in [7, 11) is 0. The number of aryl methyl sites for hydroxylation is 1. The number of rotatable bonds is 4. The van der Waals surface area contributed by atoms with Crippen LogP contribution in [0.1, 0.15) is 5.69 Å². The van der Waals surface area contributed by atoms with Gasteiger partial charge in [-0.3, -0.25) is 0 Å². The SMILES string of the molecule is Cc1c(-c2ccc(OCCO)cc2)nc2ccc([123I])cn12. The van der Waals surface area contributed by atoms with Gasteiger partial charge in [0.2, 0.25) is 0 Å².